The van der Waals surface area contributed by atoms with Gasteiger partial charge in [-0.2, -0.15) is 5.26 Å². The Hall–Kier alpha value is -1.77. The van der Waals surface area contributed by atoms with Gasteiger partial charge >= 0.3 is 6.03 Å². The van der Waals surface area contributed by atoms with Crippen LogP contribution in [-0.2, 0) is 4.74 Å². The van der Waals surface area contributed by atoms with E-state index in [1.807, 2.05) is 6.07 Å². The molecule has 94 valence electrons. The Labute approximate surface area is 110 Å². The molecule has 1 saturated heterocycles. The summed E-state index contributed by atoms with van der Waals surface area (Å²) in [6.07, 6.45) is 0. The molecule has 1 heterocycles. The number of amides is 2. The lowest BCUT2D eigenvalue weighted by molar-refractivity contribution is 0.0341. The van der Waals surface area contributed by atoms with Crippen LogP contribution in [0.2, 0.25) is 5.02 Å². The molecule has 2 amide bonds. The fourth-order valence-electron chi connectivity index (χ4n) is 1.68. The van der Waals surface area contributed by atoms with Crippen LogP contribution in [0.1, 0.15) is 0 Å². The molecular formula is C12H12ClN3O2. The summed E-state index contributed by atoms with van der Waals surface area (Å²) in [5.41, 5.74) is 0.646. The van der Waals surface area contributed by atoms with E-state index in [0.717, 1.165) is 0 Å². The van der Waals surface area contributed by atoms with Crippen LogP contribution >= 0.6 is 11.6 Å². The standard InChI is InChI=1S/C12H12ClN3O2/c13-9-1-3-10(4-2-9)15-12(17)16-5-6-18-8-11(16)7-14/h1-4,11H,5-6,8H2,(H,15,17). The summed E-state index contributed by atoms with van der Waals surface area (Å²) in [4.78, 5) is 13.5. The minimum atomic E-state index is -0.536. The summed E-state index contributed by atoms with van der Waals surface area (Å²) < 4.78 is 5.16. The normalized spacial score (nSPS) is 19.1. The Bertz CT molecular complexity index is 469. The van der Waals surface area contributed by atoms with Crippen LogP contribution in [0.3, 0.4) is 0 Å². The Balaban J connectivity index is 2.02. The van der Waals surface area contributed by atoms with Crippen molar-refractivity contribution in [3.8, 4) is 6.07 Å². The Morgan fingerprint density at radius 3 is 2.89 bits per heavy atom. The molecule has 1 aliphatic rings. The lowest BCUT2D eigenvalue weighted by Crippen LogP contribution is -2.49. The van der Waals surface area contributed by atoms with Crippen LogP contribution < -0.4 is 5.32 Å². The van der Waals surface area contributed by atoms with E-state index in [-0.39, 0.29) is 12.6 Å². The van der Waals surface area contributed by atoms with Crippen molar-refractivity contribution < 1.29 is 9.53 Å². The quantitative estimate of drug-likeness (QED) is 0.846. The number of urea groups is 1. The molecule has 1 N–H and O–H groups in total. The Kier molecular flexibility index (Phi) is 4.03. The second kappa shape index (κ2) is 5.71. The summed E-state index contributed by atoms with van der Waals surface area (Å²) in [6, 6.07) is 8.02. The molecule has 5 nitrogen and oxygen atoms in total. The van der Waals surface area contributed by atoms with Crippen molar-refractivity contribution >= 4 is 23.3 Å². The smallest absolute Gasteiger partial charge is 0.323 e. The van der Waals surface area contributed by atoms with Gasteiger partial charge in [0.15, 0.2) is 0 Å². The zero-order chi connectivity index (χ0) is 13.0. The molecule has 1 atom stereocenters. The first kappa shape index (κ1) is 12.7. The van der Waals surface area contributed by atoms with Crippen LogP contribution in [0.4, 0.5) is 10.5 Å². The van der Waals surface area contributed by atoms with Gasteiger partial charge in [-0.3, -0.25) is 0 Å². The molecule has 1 unspecified atom stereocenters. The van der Waals surface area contributed by atoms with E-state index < -0.39 is 6.04 Å². The number of anilines is 1. The number of halogens is 1. The van der Waals surface area contributed by atoms with Crippen molar-refractivity contribution in [1.29, 1.82) is 5.26 Å². The third-order valence-electron chi connectivity index (χ3n) is 2.63. The van der Waals surface area contributed by atoms with E-state index in [9.17, 15) is 4.79 Å². The van der Waals surface area contributed by atoms with E-state index in [4.69, 9.17) is 21.6 Å². The van der Waals surface area contributed by atoms with Gasteiger partial charge in [0.05, 0.1) is 19.3 Å². The summed E-state index contributed by atoms with van der Waals surface area (Å²) in [6.45, 7) is 1.12. The first-order valence-electron chi connectivity index (χ1n) is 5.51. The van der Waals surface area contributed by atoms with Gasteiger partial charge in [0.2, 0.25) is 0 Å². The number of rotatable bonds is 1. The SMILES string of the molecule is N#CC1COCCN1C(=O)Nc1ccc(Cl)cc1. The van der Waals surface area contributed by atoms with Crippen molar-refractivity contribution in [2.24, 2.45) is 0 Å². The molecule has 0 aliphatic carbocycles. The lowest BCUT2D eigenvalue weighted by Gasteiger charge is -2.31. The second-order valence-corrected chi connectivity index (χ2v) is 4.29. The summed E-state index contributed by atoms with van der Waals surface area (Å²) in [5.74, 6) is 0. The van der Waals surface area contributed by atoms with Crippen LogP contribution in [-0.4, -0.2) is 36.7 Å². The van der Waals surface area contributed by atoms with Gasteiger partial charge < -0.3 is 15.0 Å². The molecule has 0 aromatic heterocycles. The van der Waals surface area contributed by atoms with Gasteiger partial charge in [-0.1, -0.05) is 11.6 Å². The zero-order valence-corrected chi connectivity index (χ0v) is 10.4. The molecule has 1 fully saturated rings. The highest BCUT2D eigenvalue weighted by Crippen LogP contribution is 2.15. The van der Waals surface area contributed by atoms with Crippen LogP contribution in [0.25, 0.3) is 0 Å². The molecule has 1 aromatic rings. The van der Waals surface area contributed by atoms with Crippen molar-refractivity contribution in [3.05, 3.63) is 29.3 Å². The lowest BCUT2D eigenvalue weighted by atomic mass is 10.2. The average molecular weight is 266 g/mol. The number of hydrogen-bond donors (Lipinski definition) is 1. The summed E-state index contributed by atoms with van der Waals surface area (Å²) in [7, 11) is 0. The van der Waals surface area contributed by atoms with Crippen molar-refractivity contribution in [2.75, 3.05) is 25.1 Å². The topological polar surface area (TPSA) is 65.4 Å². The number of ether oxygens (including phenoxy) is 1. The molecule has 18 heavy (non-hydrogen) atoms. The van der Waals surface area contributed by atoms with E-state index in [0.29, 0.717) is 23.9 Å². The highest BCUT2D eigenvalue weighted by Gasteiger charge is 2.27. The van der Waals surface area contributed by atoms with Gasteiger partial charge in [0.1, 0.15) is 6.04 Å². The number of carbonyl (C=O) groups excluding carboxylic acids is 1. The molecule has 6 heteroatoms. The average Bonchev–Trinajstić information content (AvgIpc) is 2.41. The van der Waals surface area contributed by atoms with Crippen LogP contribution in [0, 0.1) is 11.3 Å². The van der Waals surface area contributed by atoms with E-state index in [2.05, 4.69) is 5.32 Å². The van der Waals surface area contributed by atoms with E-state index >= 15 is 0 Å². The van der Waals surface area contributed by atoms with Crippen molar-refractivity contribution in [2.45, 2.75) is 6.04 Å². The number of nitrogens with zero attached hydrogens (tertiary/aromatic N) is 2. The van der Waals surface area contributed by atoms with E-state index in [1.165, 1.54) is 4.90 Å². The number of nitrogens with one attached hydrogen (secondary N) is 1. The third kappa shape index (κ3) is 2.92. The number of hydrogen-bond acceptors (Lipinski definition) is 3. The molecule has 1 aliphatic heterocycles. The van der Waals surface area contributed by atoms with Crippen molar-refractivity contribution in [1.82, 2.24) is 4.90 Å². The number of carbonyl (C=O) groups is 1. The van der Waals surface area contributed by atoms with Gasteiger partial charge in [-0.05, 0) is 24.3 Å². The number of nitriles is 1. The summed E-state index contributed by atoms with van der Waals surface area (Å²) >= 11 is 5.76. The fraction of sp³-hybridized carbons (Fsp3) is 0.333. The molecular weight excluding hydrogens is 254 g/mol. The molecule has 0 saturated carbocycles. The van der Waals surface area contributed by atoms with Crippen molar-refractivity contribution in [3.63, 3.8) is 0 Å². The van der Waals surface area contributed by atoms with Gasteiger partial charge in [-0.15, -0.1) is 0 Å². The first-order chi connectivity index (χ1) is 8.70. The fourth-order valence-corrected chi connectivity index (χ4v) is 1.81. The molecule has 0 bridgehead atoms. The first-order valence-corrected chi connectivity index (χ1v) is 5.89. The minimum absolute atomic E-state index is 0.255. The number of benzene rings is 1. The second-order valence-electron chi connectivity index (χ2n) is 3.85. The highest BCUT2D eigenvalue weighted by atomic mass is 35.5. The maximum absolute atomic E-state index is 12.0. The molecule has 2 rings (SSSR count). The van der Waals surface area contributed by atoms with Gasteiger partial charge in [-0.25, -0.2) is 4.79 Å². The Morgan fingerprint density at radius 2 is 2.22 bits per heavy atom. The highest BCUT2D eigenvalue weighted by molar-refractivity contribution is 6.30. The van der Waals surface area contributed by atoms with Gasteiger partial charge in [0.25, 0.3) is 0 Å². The minimum Gasteiger partial charge on any atom is -0.376 e. The van der Waals surface area contributed by atoms with Gasteiger partial charge in [0, 0.05) is 17.3 Å². The maximum Gasteiger partial charge on any atom is 0.323 e. The maximum atomic E-state index is 12.0. The van der Waals surface area contributed by atoms with E-state index in [1.54, 1.807) is 24.3 Å². The molecule has 0 spiro atoms. The monoisotopic (exact) mass is 265 g/mol. The predicted octanol–water partition coefficient (Wildman–Crippen LogP) is 2.10. The van der Waals surface area contributed by atoms with Crippen LogP contribution in [0.5, 0.6) is 0 Å². The zero-order valence-electron chi connectivity index (χ0n) is 9.60. The molecule has 1 aromatic carbocycles. The molecule has 0 radical (unpaired) electrons. The largest absolute Gasteiger partial charge is 0.376 e. The van der Waals surface area contributed by atoms with Crippen LogP contribution in [0.15, 0.2) is 24.3 Å². The Morgan fingerprint density at radius 1 is 1.50 bits per heavy atom. The number of morpholine rings is 1. The third-order valence-corrected chi connectivity index (χ3v) is 2.89. The predicted molar refractivity (Wildman–Crippen MR) is 67.4 cm³/mol. The summed E-state index contributed by atoms with van der Waals surface area (Å²) in [5, 5.41) is 12.3.